The lowest BCUT2D eigenvalue weighted by atomic mass is 9.81. The van der Waals surface area contributed by atoms with Crippen molar-refractivity contribution in [2.45, 2.75) is 24.6 Å². The fraction of sp³-hybridized carbons (Fsp3) is 0.300. The van der Waals surface area contributed by atoms with Crippen LogP contribution in [0.1, 0.15) is 16.8 Å². The van der Waals surface area contributed by atoms with Crippen molar-refractivity contribution in [2.75, 3.05) is 13.7 Å². The van der Waals surface area contributed by atoms with Crippen LogP contribution >= 0.6 is 0 Å². The first kappa shape index (κ1) is 17.0. The van der Waals surface area contributed by atoms with E-state index < -0.39 is 11.7 Å². The second-order valence-electron chi connectivity index (χ2n) is 6.63. The minimum absolute atomic E-state index is 0.180. The predicted molar refractivity (Wildman–Crippen MR) is 94.4 cm³/mol. The Hall–Kier alpha value is -2.47. The average molecular weight is 360 g/mol. The number of alkyl halides is 3. The second-order valence-corrected chi connectivity index (χ2v) is 6.63. The maximum absolute atomic E-state index is 14.3. The molecule has 1 aromatic heterocycles. The van der Waals surface area contributed by atoms with E-state index in [-0.39, 0.29) is 18.7 Å². The molecule has 3 nitrogen and oxygen atoms in total. The van der Waals surface area contributed by atoms with Gasteiger partial charge in [-0.3, -0.25) is 5.32 Å². The monoisotopic (exact) mass is 360 g/mol. The van der Waals surface area contributed by atoms with Crippen molar-refractivity contribution in [1.29, 1.82) is 0 Å². The number of aromatic amines is 1. The maximum Gasteiger partial charge on any atom is 0.412 e. The van der Waals surface area contributed by atoms with E-state index in [0.717, 1.165) is 16.5 Å². The van der Waals surface area contributed by atoms with E-state index in [0.29, 0.717) is 17.7 Å². The molecule has 1 aliphatic heterocycles. The first-order valence-corrected chi connectivity index (χ1v) is 8.49. The van der Waals surface area contributed by atoms with Gasteiger partial charge in [0.2, 0.25) is 0 Å². The molecule has 0 saturated heterocycles. The molecule has 0 saturated carbocycles. The van der Waals surface area contributed by atoms with Crippen molar-refractivity contribution in [3.63, 3.8) is 0 Å². The highest BCUT2D eigenvalue weighted by Crippen LogP contribution is 2.46. The van der Waals surface area contributed by atoms with Gasteiger partial charge >= 0.3 is 6.18 Å². The van der Waals surface area contributed by atoms with E-state index >= 15 is 0 Å². The van der Waals surface area contributed by atoms with Crippen LogP contribution in [0.2, 0.25) is 0 Å². The van der Waals surface area contributed by atoms with Crippen molar-refractivity contribution in [3.05, 3.63) is 65.4 Å². The van der Waals surface area contributed by atoms with Crippen LogP contribution in [0.3, 0.4) is 0 Å². The van der Waals surface area contributed by atoms with Gasteiger partial charge in [0, 0.05) is 29.6 Å². The number of nitrogens with one attached hydrogen (secondary N) is 2. The normalized spacial score (nSPS) is 20.2. The van der Waals surface area contributed by atoms with E-state index in [4.69, 9.17) is 4.74 Å². The molecule has 1 atom stereocenters. The molecule has 0 amide bonds. The van der Waals surface area contributed by atoms with E-state index in [1.165, 1.54) is 7.11 Å². The molecule has 0 spiro atoms. The molecular weight excluding hydrogens is 341 g/mol. The number of para-hydroxylation sites is 1. The first-order chi connectivity index (χ1) is 12.4. The standard InChI is InChI=1S/C20H19F3N2O/c1-26-14-8-6-13(7-9-14)12-19(20(21,22)23)18-16(10-11-24-19)15-4-2-3-5-17(15)25-18/h2-9,24-25H,10-12H2,1H3. The Morgan fingerprint density at radius 2 is 1.81 bits per heavy atom. The van der Waals surface area contributed by atoms with Gasteiger partial charge in [-0.05, 0) is 35.7 Å². The van der Waals surface area contributed by atoms with Crippen LogP contribution in [0, 0.1) is 0 Å². The van der Waals surface area contributed by atoms with Crippen molar-refractivity contribution in [3.8, 4) is 5.75 Å². The Balaban J connectivity index is 1.86. The number of hydrogen-bond donors (Lipinski definition) is 2. The van der Waals surface area contributed by atoms with Gasteiger partial charge in [0.25, 0.3) is 0 Å². The number of methoxy groups -OCH3 is 1. The molecule has 136 valence electrons. The van der Waals surface area contributed by atoms with E-state index in [1.807, 2.05) is 24.3 Å². The third kappa shape index (κ3) is 2.56. The summed E-state index contributed by atoms with van der Waals surface area (Å²) >= 11 is 0. The number of benzene rings is 2. The third-order valence-electron chi connectivity index (χ3n) is 5.15. The fourth-order valence-electron chi connectivity index (χ4n) is 3.86. The fourth-order valence-corrected chi connectivity index (χ4v) is 3.86. The smallest absolute Gasteiger partial charge is 0.412 e. The van der Waals surface area contributed by atoms with Crippen LogP contribution in [0.5, 0.6) is 5.75 Å². The number of hydrogen-bond acceptors (Lipinski definition) is 2. The highest BCUT2D eigenvalue weighted by atomic mass is 19.4. The van der Waals surface area contributed by atoms with E-state index in [1.54, 1.807) is 24.3 Å². The quantitative estimate of drug-likeness (QED) is 0.730. The number of rotatable bonds is 3. The van der Waals surface area contributed by atoms with Gasteiger partial charge in [0.1, 0.15) is 5.75 Å². The maximum atomic E-state index is 14.3. The third-order valence-corrected chi connectivity index (χ3v) is 5.15. The highest BCUT2D eigenvalue weighted by Gasteiger charge is 2.58. The summed E-state index contributed by atoms with van der Waals surface area (Å²) in [6, 6.07) is 14.1. The zero-order valence-electron chi connectivity index (χ0n) is 14.3. The van der Waals surface area contributed by atoms with Crippen molar-refractivity contribution >= 4 is 10.9 Å². The Kier molecular flexibility index (Phi) is 3.95. The molecule has 0 radical (unpaired) electrons. The van der Waals surface area contributed by atoms with E-state index in [9.17, 15) is 13.2 Å². The summed E-state index contributed by atoms with van der Waals surface area (Å²) in [4.78, 5) is 3.05. The Labute approximate surface area is 149 Å². The summed E-state index contributed by atoms with van der Waals surface area (Å²) in [6.45, 7) is 0.282. The molecule has 3 aromatic rings. The number of halogens is 3. The van der Waals surface area contributed by atoms with E-state index in [2.05, 4.69) is 10.3 Å². The zero-order chi connectivity index (χ0) is 18.4. The van der Waals surface area contributed by atoms with Crippen molar-refractivity contribution in [1.82, 2.24) is 10.3 Å². The Morgan fingerprint density at radius 3 is 2.50 bits per heavy atom. The summed E-state index contributed by atoms with van der Waals surface area (Å²) in [5.74, 6) is 0.623. The molecule has 0 bridgehead atoms. The van der Waals surface area contributed by atoms with Crippen molar-refractivity contribution in [2.24, 2.45) is 0 Å². The number of aromatic nitrogens is 1. The topological polar surface area (TPSA) is 37.0 Å². The predicted octanol–water partition coefficient (Wildman–Crippen LogP) is 4.32. The lowest BCUT2D eigenvalue weighted by Crippen LogP contribution is -2.58. The molecule has 4 rings (SSSR count). The lowest BCUT2D eigenvalue weighted by molar-refractivity contribution is -0.203. The summed E-state index contributed by atoms with van der Waals surface area (Å²) in [5.41, 5.74) is 0.193. The number of ether oxygens (including phenoxy) is 1. The second kappa shape index (κ2) is 6.06. The largest absolute Gasteiger partial charge is 0.497 e. The van der Waals surface area contributed by atoms with Gasteiger partial charge in [-0.15, -0.1) is 0 Å². The van der Waals surface area contributed by atoms with Gasteiger partial charge in [0.15, 0.2) is 5.54 Å². The molecule has 0 aliphatic carbocycles. The minimum Gasteiger partial charge on any atom is -0.497 e. The van der Waals surface area contributed by atoms with Gasteiger partial charge in [-0.25, -0.2) is 0 Å². The first-order valence-electron chi connectivity index (χ1n) is 8.49. The van der Waals surface area contributed by atoms with Crippen LogP contribution in [-0.2, 0) is 18.4 Å². The SMILES string of the molecule is COc1ccc(CC2(C(F)(F)F)NCCc3c2[nH]c2ccccc32)cc1. The Morgan fingerprint density at radius 1 is 1.08 bits per heavy atom. The van der Waals surface area contributed by atoms with Gasteiger partial charge < -0.3 is 9.72 Å². The summed E-state index contributed by atoms with van der Waals surface area (Å²) in [6.07, 6.45) is -4.05. The number of H-pyrrole nitrogens is 1. The molecule has 0 fully saturated rings. The molecule has 1 aliphatic rings. The van der Waals surface area contributed by atoms with Crippen molar-refractivity contribution < 1.29 is 17.9 Å². The van der Waals surface area contributed by atoms with Gasteiger partial charge in [0.05, 0.1) is 7.11 Å². The molecule has 2 heterocycles. The molecule has 1 unspecified atom stereocenters. The summed E-state index contributed by atoms with van der Waals surface area (Å²) in [5, 5.41) is 3.65. The van der Waals surface area contributed by atoms with Gasteiger partial charge in [-0.2, -0.15) is 13.2 Å². The lowest BCUT2D eigenvalue weighted by Gasteiger charge is -2.40. The summed E-state index contributed by atoms with van der Waals surface area (Å²) < 4.78 is 48.1. The molecular formula is C20H19F3N2O. The zero-order valence-corrected chi connectivity index (χ0v) is 14.3. The van der Waals surface area contributed by atoms with Crippen LogP contribution < -0.4 is 10.1 Å². The minimum atomic E-state index is -4.44. The Bertz CT molecular complexity index is 930. The van der Waals surface area contributed by atoms with Gasteiger partial charge in [-0.1, -0.05) is 30.3 Å². The van der Waals surface area contributed by atoms with Crippen LogP contribution in [0.25, 0.3) is 10.9 Å². The van der Waals surface area contributed by atoms with Crippen LogP contribution in [0.4, 0.5) is 13.2 Å². The molecule has 26 heavy (non-hydrogen) atoms. The highest BCUT2D eigenvalue weighted by molar-refractivity contribution is 5.85. The van der Waals surface area contributed by atoms with Crippen LogP contribution in [0.15, 0.2) is 48.5 Å². The molecule has 2 N–H and O–H groups in total. The molecule has 2 aromatic carbocycles. The summed E-state index contributed by atoms with van der Waals surface area (Å²) in [7, 11) is 1.53. The average Bonchev–Trinajstić information content (AvgIpc) is 3.01. The molecule has 6 heteroatoms. The van der Waals surface area contributed by atoms with Crippen LogP contribution in [-0.4, -0.2) is 24.8 Å². The number of fused-ring (bicyclic) bond motifs is 3.